The van der Waals surface area contributed by atoms with Crippen molar-refractivity contribution in [2.24, 2.45) is 0 Å². The second-order valence-electron chi connectivity index (χ2n) is 3.21. The molecule has 1 aromatic rings. The van der Waals surface area contributed by atoms with Gasteiger partial charge in [-0.2, -0.15) is 0 Å². The first-order valence-corrected chi connectivity index (χ1v) is 6.35. The van der Waals surface area contributed by atoms with Gasteiger partial charge in [-0.25, -0.2) is 4.98 Å². The van der Waals surface area contributed by atoms with Crippen molar-refractivity contribution in [3.05, 3.63) is 5.82 Å². The van der Waals surface area contributed by atoms with Gasteiger partial charge in [-0.15, -0.1) is 5.10 Å². The number of carbonyl (C=O) groups excluding carboxylic acids is 2. The van der Waals surface area contributed by atoms with Gasteiger partial charge < -0.3 is 9.47 Å². The normalized spacial score (nSPS) is 10.4. The maximum atomic E-state index is 11.7. The summed E-state index contributed by atoms with van der Waals surface area (Å²) in [7, 11) is 0. The van der Waals surface area contributed by atoms with Crippen molar-refractivity contribution in [1.82, 2.24) is 15.2 Å². The minimum Gasteiger partial charge on any atom is -0.465 e. The Balaban J connectivity index is 2.76. The van der Waals surface area contributed by atoms with Crippen LogP contribution in [0.1, 0.15) is 19.7 Å². The van der Waals surface area contributed by atoms with Crippen molar-refractivity contribution in [2.45, 2.75) is 31.2 Å². The highest BCUT2D eigenvalue weighted by molar-refractivity contribution is 8.01. The van der Waals surface area contributed by atoms with E-state index in [4.69, 9.17) is 9.47 Å². The molecule has 0 saturated heterocycles. The molecule has 0 aliphatic heterocycles. The van der Waals surface area contributed by atoms with Crippen molar-refractivity contribution in [2.75, 3.05) is 13.2 Å². The summed E-state index contributed by atoms with van der Waals surface area (Å²) in [5.74, 6) is -0.698. The fourth-order valence-corrected chi connectivity index (χ4v) is 1.94. The Morgan fingerprint density at radius 1 is 1.28 bits per heavy atom. The van der Waals surface area contributed by atoms with Crippen LogP contribution in [-0.2, 0) is 19.1 Å². The number of rotatable bonds is 6. The van der Waals surface area contributed by atoms with Gasteiger partial charge in [0.1, 0.15) is 5.82 Å². The second-order valence-corrected chi connectivity index (χ2v) is 4.28. The number of aromatic amines is 1. The Labute approximate surface area is 109 Å². The molecule has 1 heterocycles. The van der Waals surface area contributed by atoms with E-state index in [-0.39, 0.29) is 13.2 Å². The zero-order valence-electron chi connectivity index (χ0n) is 10.4. The van der Waals surface area contributed by atoms with Crippen molar-refractivity contribution < 1.29 is 19.1 Å². The van der Waals surface area contributed by atoms with E-state index in [2.05, 4.69) is 15.2 Å². The summed E-state index contributed by atoms with van der Waals surface area (Å²) in [6.07, 6.45) is 0. The Kier molecular flexibility index (Phi) is 5.63. The molecule has 7 nitrogen and oxygen atoms in total. The van der Waals surface area contributed by atoms with Gasteiger partial charge in [0.05, 0.1) is 13.2 Å². The standard InChI is InChI=1S/C10H15N3O4S/c1-4-16-8(14)7(9(15)17-5-2)18-10-11-6(3)12-13-10/h7H,4-5H2,1-3H3,(H,11,12,13). The SMILES string of the molecule is CCOC(=O)C(Sc1n[nH]c(C)n1)C(=O)OCC. The van der Waals surface area contributed by atoms with Gasteiger partial charge >= 0.3 is 11.9 Å². The first-order valence-electron chi connectivity index (χ1n) is 5.47. The molecule has 1 aromatic heterocycles. The topological polar surface area (TPSA) is 94.2 Å². The minimum absolute atomic E-state index is 0.197. The first kappa shape index (κ1) is 14.5. The van der Waals surface area contributed by atoms with Crippen LogP contribution >= 0.6 is 11.8 Å². The summed E-state index contributed by atoms with van der Waals surface area (Å²) < 4.78 is 9.65. The molecule has 100 valence electrons. The Morgan fingerprint density at radius 2 is 1.83 bits per heavy atom. The van der Waals surface area contributed by atoms with E-state index in [0.29, 0.717) is 11.0 Å². The van der Waals surface area contributed by atoms with Crippen LogP contribution in [0.2, 0.25) is 0 Å². The second kappa shape index (κ2) is 7.00. The smallest absolute Gasteiger partial charge is 0.331 e. The average molecular weight is 273 g/mol. The molecule has 0 saturated carbocycles. The molecule has 18 heavy (non-hydrogen) atoms. The lowest BCUT2D eigenvalue weighted by Gasteiger charge is -2.11. The Hall–Kier alpha value is -1.57. The lowest BCUT2D eigenvalue weighted by molar-refractivity contribution is -0.152. The van der Waals surface area contributed by atoms with Gasteiger partial charge in [0.2, 0.25) is 10.4 Å². The molecule has 0 radical (unpaired) electrons. The molecule has 1 rings (SSSR count). The molecule has 0 unspecified atom stereocenters. The summed E-state index contributed by atoms with van der Waals surface area (Å²) in [4.78, 5) is 27.3. The van der Waals surface area contributed by atoms with E-state index in [1.165, 1.54) is 0 Å². The van der Waals surface area contributed by atoms with Crippen LogP contribution in [0, 0.1) is 6.92 Å². The number of aromatic nitrogens is 3. The lowest BCUT2D eigenvalue weighted by atomic mass is 10.4. The summed E-state index contributed by atoms with van der Waals surface area (Å²) >= 11 is 0.903. The summed E-state index contributed by atoms with van der Waals surface area (Å²) in [5, 5.41) is 5.69. The van der Waals surface area contributed by atoms with Crippen LogP contribution in [0.5, 0.6) is 0 Å². The highest BCUT2D eigenvalue weighted by Gasteiger charge is 2.32. The van der Waals surface area contributed by atoms with E-state index in [1.54, 1.807) is 20.8 Å². The molecule has 1 N–H and O–H groups in total. The van der Waals surface area contributed by atoms with Crippen LogP contribution in [0.3, 0.4) is 0 Å². The van der Waals surface area contributed by atoms with Crippen LogP contribution in [0.4, 0.5) is 0 Å². The number of nitrogens with zero attached hydrogens (tertiary/aromatic N) is 2. The van der Waals surface area contributed by atoms with Crippen LogP contribution in [0.15, 0.2) is 5.16 Å². The Bertz CT molecular complexity index is 403. The molecule has 0 bridgehead atoms. The number of thioether (sulfide) groups is 1. The summed E-state index contributed by atoms with van der Waals surface area (Å²) in [6, 6.07) is 0. The number of aryl methyl sites for hydroxylation is 1. The number of hydrogen-bond acceptors (Lipinski definition) is 7. The number of ether oxygens (including phenoxy) is 2. The largest absolute Gasteiger partial charge is 0.465 e. The zero-order chi connectivity index (χ0) is 13.5. The van der Waals surface area contributed by atoms with Crippen molar-refractivity contribution in [1.29, 1.82) is 0 Å². The van der Waals surface area contributed by atoms with Crippen molar-refractivity contribution >= 4 is 23.7 Å². The quantitative estimate of drug-likeness (QED) is 0.463. The summed E-state index contributed by atoms with van der Waals surface area (Å²) in [6.45, 7) is 5.45. The molecule has 8 heteroatoms. The first-order chi connectivity index (χ1) is 8.58. The van der Waals surface area contributed by atoms with E-state index in [0.717, 1.165) is 11.8 Å². The third kappa shape index (κ3) is 4.02. The molecule has 0 atom stereocenters. The van der Waals surface area contributed by atoms with Gasteiger partial charge in [-0.05, 0) is 20.8 Å². The third-order valence-electron chi connectivity index (χ3n) is 1.80. The maximum absolute atomic E-state index is 11.7. The van der Waals surface area contributed by atoms with Crippen LogP contribution in [-0.4, -0.2) is 45.6 Å². The van der Waals surface area contributed by atoms with Crippen molar-refractivity contribution in [3.63, 3.8) is 0 Å². The number of hydrogen-bond donors (Lipinski definition) is 1. The maximum Gasteiger partial charge on any atom is 0.331 e. The lowest BCUT2D eigenvalue weighted by Crippen LogP contribution is -2.31. The van der Waals surface area contributed by atoms with E-state index in [1.807, 2.05) is 0 Å². The predicted octanol–water partition coefficient (Wildman–Crippen LogP) is 0.700. The predicted molar refractivity (Wildman–Crippen MR) is 64.0 cm³/mol. The van der Waals surface area contributed by atoms with Crippen LogP contribution < -0.4 is 0 Å². The molecule has 0 aliphatic carbocycles. The molecule has 0 aliphatic rings. The Morgan fingerprint density at radius 3 is 2.22 bits per heavy atom. The molecule has 0 amide bonds. The van der Waals surface area contributed by atoms with Crippen molar-refractivity contribution in [3.8, 4) is 0 Å². The molecule has 0 spiro atoms. The number of nitrogens with one attached hydrogen (secondary N) is 1. The summed E-state index contributed by atoms with van der Waals surface area (Å²) in [5.41, 5.74) is 0. The molecular formula is C10H15N3O4S. The van der Waals surface area contributed by atoms with Gasteiger partial charge in [0.25, 0.3) is 0 Å². The fraction of sp³-hybridized carbons (Fsp3) is 0.600. The van der Waals surface area contributed by atoms with Crippen LogP contribution in [0.25, 0.3) is 0 Å². The number of H-pyrrole nitrogens is 1. The van der Waals surface area contributed by atoms with Gasteiger partial charge in [0.15, 0.2) is 0 Å². The average Bonchev–Trinajstić information content (AvgIpc) is 2.72. The highest BCUT2D eigenvalue weighted by Crippen LogP contribution is 2.21. The van der Waals surface area contributed by atoms with Gasteiger partial charge in [0, 0.05) is 0 Å². The van der Waals surface area contributed by atoms with E-state index in [9.17, 15) is 9.59 Å². The molecule has 0 aromatic carbocycles. The third-order valence-corrected chi connectivity index (χ3v) is 2.82. The van der Waals surface area contributed by atoms with Gasteiger partial charge in [-0.3, -0.25) is 14.7 Å². The highest BCUT2D eigenvalue weighted by atomic mass is 32.2. The molecular weight excluding hydrogens is 258 g/mol. The minimum atomic E-state index is -1.10. The van der Waals surface area contributed by atoms with E-state index >= 15 is 0 Å². The molecule has 0 fully saturated rings. The zero-order valence-corrected chi connectivity index (χ0v) is 11.2. The van der Waals surface area contributed by atoms with Gasteiger partial charge in [-0.1, -0.05) is 11.8 Å². The number of carbonyl (C=O) groups is 2. The fourth-order valence-electron chi connectivity index (χ4n) is 1.11. The van der Waals surface area contributed by atoms with E-state index < -0.39 is 17.2 Å². The monoisotopic (exact) mass is 273 g/mol. The number of esters is 2.